The zero-order valence-corrected chi connectivity index (χ0v) is 12.4. The smallest absolute Gasteiger partial charge is 0.239 e. The Morgan fingerprint density at radius 2 is 2.28 bits per heavy atom. The number of amides is 1. The van der Waals surface area contributed by atoms with E-state index in [1.807, 2.05) is 20.8 Å². The summed E-state index contributed by atoms with van der Waals surface area (Å²) >= 11 is 0. The molecule has 5 nitrogen and oxygen atoms in total. The molecule has 108 valence electrons. The molecule has 1 aliphatic rings. The van der Waals surface area contributed by atoms with Crippen molar-refractivity contribution in [3.05, 3.63) is 0 Å². The Morgan fingerprint density at radius 1 is 1.61 bits per heavy atom. The van der Waals surface area contributed by atoms with E-state index in [4.69, 9.17) is 9.47 Å². The second-order valence-corrected chi connectivity index (χ2v) is 5.16. The van der Waals surface area contributed by atoms with Crippen LogP contribution in [0.1, 0.15) is 27.2 Å². The van der Waals surface area contributed by atoms with Gasteiger partial charge in [0, 0.05) is 19.7 Å². The molecule has 1 heterocycles. The average Bonchev–Trinajstić information content (AvgIpc) is 2.29. The topological polar surface area (TPSA) is 59.6 Å². The first kappa shape index (κ1) is 17.6. The molecule has 6 heteroatoms. The van der Waals surface area contributed by atoms with Crippen molar-refractivity contribution >= 4 is 18.3 Å². The predicted octanol–water partition coefficient (Wildman–Crippen LogP) is 0.716. The van der Waals surface area contributed by atoms with Gasteiger partial charge in [0.1, 0.15) is 6.04 Å². The zero-order valence-electron chi connectivity index (χ0n) is 11.6. The number of carbonyl (C=O) groups is 1. The first-order valence-corrected chi connectivity index (χ1v) is 6.11. The van der Waals surface area contributed by atoms with Gasteiger partial charge in [0.05, 0.1) is 18.8 Å². The van der Waals surface area contributed by atoms with Crippen LogP contribution < -0.4 is 10.6 Å². The summed E-state index contributed by atoms with van der Waals surface area (Å²) in [5.74, 6) is 0.00380. The second-order valence-electron chi connectivity index (χ2n) is 5.16. The normalized spacial score (nSPS) is 21.9. The van der Waals surface area contributed by atoms with Crippen LogP contribution in [0.4, 0.5) is 0 Å². The zero-order chi connectivity index (χ0) is 12.9. The van der Waals surface area contributed by atoms with E-state index >= 15 is 0 Å². The van der Waals surface area contributed by atoms with Gasteiger partial charge in [-0.05, 0) is 27.2 Å². The SMILES string of the molecule is COC(C)(C)CC(C)NC(=O)C1COCCN1.Cl. The Hall–Kier alpha value is -0.360. The van der Waals surface area contributed by atoms with Crippen LogP contribution in [0.5, 0.6) is 0 Å². The molecule has 1 saturated heterocycles. The number of halogens is 1. The first-order chi connectivity index (χ1) is 7.94. The maximum atomic E-state index is 11.9. The van der Waals surface area contributed by atoms with Gasteiger partial charge in [-0.2, -0.15) is 0 Å². The van der Waals surface area contributed by atoms with Crippen LogP contribution in [0.3, 0.4) is 0 Å². The van der Waals surface area contributed by atoms with E-state index in [9.17, 15) is 4.79 Å². The molecule has 1 amide bonds. The molecular weight excluding hydrogens is 256 g/mol. The van der Waals surface area contributed by atoms with Crippen LogP contribution in [0.15, 0.2) is 0 Å². The summed E-state index contributed by atoms with van der Waals surface area (Å²) in [6.07, 6.45) is 0.781. The lowest BCUT2D eigenvalue weighted by molar-refractivity contribution is -0.126. The molecule has 0 bridgehead atoms. The Labute approximate surface area is 115 Å². The van der Waals surface area contributed by atoms with Crippen molar-refractivity contribution in [3.63, 3.8) is 0 Å². The van der Waals surface area contributed by atoms with Crippen LogP contribution in [-0.4, -0.2) is 50.5 Å². The van der Waals surface area contributed by atoms with Crippen molar-refractivity contribution in [1.82, 2.24) is 10.6 Å². The van der Waals surface area contributed by atoms with Crippen molar-refractivity contribution in [1.29, 1.82) is 0 Å². The van der Waals surface area contributed by atoms with Crippen LogP contribution in [0, 0.1) is 0 Å². The van der Waals surface area contributed by atoms with Gasteiger partial charge in [-0.15, -0.1) is 12.4 Å². The number of methoxy groups -OCH3 is 1. The van der Waals surface area contributed by atoms with Gasteiger partial charge in [0.2, 0.25) is 5.91 Å². The Kier molecular flexibility index (Phi) is 7.78. The number of morpholine rings is 1. The molecule has 1 fully saturated rings. The number of hydrogen-bond acceptors (Lipinski definition) is 4. The van der Waals surface area contributed by atoms with Crippen LogP contribution in [0.25, 0.3) is 0 Å². The summed E-state index contributed by atoms with van der Waals surface area (Å²) in [4.78, 5) is 11.9. The summed E-state index contributed by atoms with van der Waals surface area (Å²) in [6, 6.07) is -0.141. The highest BCUT2D eigenvalue weighted by Gasteiger charge is 2.25. The van der Waals surface area contributed by atoms with Crippen LogP contribution in [0.2, 0.25) is 0 Å². The highest BCUT2D eigenvalue weighted by molar-refractivity contribution is 5.85. The van der Waals surface area contributed by atoms with Crippen molar-refractivity contribution in [2.24, 2.45) is 0 Å². The third kappa shape index (κ3) is 6.00. The van der Waals surface area contributed by atoms with Crippen LogP contribution in [-0.2, 0) is 14.3 Å². The number of ether oxygens (including phenoxy) is 2. The number of carbonyl (C=O) groups excluding carboxylic acids is 1. The Bertz CT molecular complexity index is 256. The standard InChI is InChI=1S/C12H24N2O3.ClH/c1-9(7-12(2,3)16-4)14-11(15)10-8-17-6-5-13-10;/h9-10,13H,5-8H2,1-4H3,(H,14,15);1H. The fourth-order valence-corrected chi connectivity index (χ4v) is 1.95. The molecular formula is C12H25ClN2O3. The third-order valence-corrected chi connectivity index (χ3v) is 2.98. The Balaban J connectivity index is 0.00000289. The van der Waals surface area contributed by atoms with Gasteiger partial charge in [-0.25, -0.2) is 0 Å². The van der Waals surface area contributed by atoms with Gasteiger partial charge in [0.15, 0.2) is 0 Å². The fourth-order valence-electron chi connectivity index (χ4n) is 1.95. The minimum absolute atomic E-state index is 0. The maximum absolute atomic E-state index is 11.9. The molecule has 0 radical (unpaired) electrons. The molecule has 0 aromatic rings. The lowest BCUT2D eigenvalue weighted by Gasteiger charge is -2.29. The fraction of sp³-hybridized carbons (Fsp3) is 0.917. The highest BCUT2D eigenvalue weighted by atomic mass is 35.5. The van der Waals surface area contributed by atoms with Gasteiger partial charge in [-0.3, -0.25) is 4.79 Å². The van der Waals surface area contributed by atoms with Gasteiger partial charge in [-0.1, -0.05) is 0 Å². The maximum Gasteiger partial charge on any atom is 0.239 e. The summed E-state index contributed by atoms with van der Waals surface area (Å²) in [5.41, 5.74) is -0.219. The Morgan fingerprint density at radius 3 is 2.78 bits per heavy atom. The van der Waals surface area contributed by atoms with Crippen LogP contribution >= 0.6 is 12.4 Å². The summed E-state index contributed by atoms with van der Waals surface area (Å²) in [7, 11) is 1.69. The predicted molar refractivity (Wildman–Crippen MR) is 73.2 cm³/mol. The van der Waals surface area contributed by atoms with Gasteiger partial charge >= 0.3 is 0 Å². The molecule has 1 rings (SSSR count). The van der Waals surface area contributed by atoms with E-state index in [0.29, 0.717) is 13.2 Å². The number of nitrogens with one attached hydrogen (secondary N) is 2. The van der Waals surface area contributed by atoms with E-state index in [-0.39, 0.29) is 36.0 Å². The lowest BCUT2D eigenvalue weighted by atomic mass is 9.99. The van der Waals surface area contributed by atoms with E-state index in [1.54, 1.807) is 7.11 Å². The van der Waals surface area contributed by atoms with E-state index in [2.05, 4.69) is 10.6 Å². The minimum atomic E-state index is -0.225. The number of rotatable bonds is 5. The molecule has 0 saturated carbocycles. The quantitative estimate of drug-likeness (QED) is 0.779. The third-order valence-electron chi connectivity index (χ3n) is 2.98. The van der Waals surface area contributed by atoms with E-state index in [0.717, 1.165) is 13.0 Å². The summed E-state index contributed by atoms with van der Waals surface area (Å²) in [6.45, 7) is 7.87. The largest absolute Gasteiger partial charge is 0.379 e. The first-order valence-electron chi connectivity index (χ1n) is 6.11. The van der Waals surface area contributed by atoms with Crippen molar-refractivity contribution in [3.8, 4) is 0 Å². The van der Waals surface area contributed by atoms with Gasteiger partial charge in [0.25, 0.3) is 0 Å². The van der Waals surface area contributed by atoms with Gasteiger partial charge < -0.3 is 20.1 Å². The lowest BCUT2D eigenvalue weighted by Crippen LogP contribution is -2.53. The average molecular weight is 281 g/mol. The van der Waals surface area contributed by atoms with Crippen molar-refractivity contribution < 1.29 is 14.3 Å². The molecule has 0 aromatic heterocycles. The second kappa shape index (κ2) is 7.94. The van der Waals surface area contributed by atoms with E-state index < -0.39 is 0 Å². The number of hydrogen-bond donors (Lipinski definition) is 2. The van der Waals surface area contributed by atoms with E-state index in [1.165, 1.54) is 0 Å². The molecule has 2 N–H and O–H groups in total. The monoisotopic (exact) mass is 280 g/mol. The van der Waals surface area contributed by atoms with Crippen molar-refractivity contribution in [2.75, 3.05) is 26.9 Å². The molecule has 18 heavy (non-hydrogen) atoms. The highest BCUT2D eigenvalue weighted by Crippen LogP contribution is 2.15. The molecule has 2 unspecified atom stereocenters. The molecule has 0 spiro atoms. The molecule has 1 aliphatic heterocycles. The molecule has 0 aromatic carbocycles. The molecule has 2 atom stereocenters. The summed E-state index contributed by atoms with van der Waals surface area (Å²) < 4.78 is 10.6. The summed E-state index contributed by atoms with van der Waals surface area (Å²) in [5, 5.41) is 6.11. The minimum Gasteiger partial charge on any atom is -0.379 e. The molecule has 0 aliphatic carbocycles. The van der Waals surface area contributed by atoms with Crippen molar-refractivity contribution in [2.45, 2.75) is 44.9 Å².